The monoisotopic (exact) mass is 339 g/mol. The third-order valence-electron chi connectivity index (χ3n) is 5.81. The second kappa shape index (κ2) is 7.65. The Bertz CT molecular complexity index is 689. The quantitative estimate of drug-likeness (QED) is 0.921. The summed E-state index contributed by atoms with van der Waals surface area (Å²) in [5.41, 5.74) is 3.11. The number of hydrogen-bond acceptors (Lipinski definition) is 4. The van der Waals surface area contributed by atoms with E-state index in [1.165, 1.54) is 58.0 Å². The van der Waals surface area contributed by atoms with Gasteiger partial charge >= 0.3 is 0 Å². The van der Waals surface area contributed by atoms with E-state index in [0.717, 1.165) is 41.3 Å². The molecule has 0 radical (unpaired) electrons. The van der Waals surface area contributed by atoms with Crippen LogP contribution in [0.25, 0.3) is 11.5 Å². The Labute approximate surface area is 150 Å². The maximum Gasteiger partial charge on any atom is 0.156 e. The van der Waals surface area contributed by atoms with Crippen LogP contribution >= 0.6 is 0 Å². The van der Waals surface area contributed by atoms with E-state index in [2.05, 4.69) is 30.9 Å². The number of rotatable bonds is 4. The predicted molar refractivity (Wildman–Crippen MR) is 99.2 cm³/mol. The number of piperidine rings is 1. The summed E-state index contributed by atoms with van der Waals surface area (Å²) in [4.78, 5) is 19.3. The van der Waals surface area contributed by atoms with Gasteiger partial charge in [-0.05, 0) is 57.6 Å². The van der Waals surface area contributed by atoms with Gasteiger partial charge in [0.25, 0.3) is 0 Å². The molecule has 2 aliphatic rings. The highest BCUT2D eigenvalue weighted by molar-refractivity contribution is 5.49. The lowest BCUT2D eigenvalue weighted by Crippen LogP contribution is -2.44. The topological polar surface area (TPSA) is 57.7 Å². The van der Waals surface area contributed by atoms with Gasteiger partial charge in [0.1, 0.15) is 12.0 Å². The number of likely N-dealkylation sites (tertiary alicyclic amines) is 1. The summed E-state index contributed by atoms with van der Waals surface area (Å²) in [7, 11) is 0. The van der Waals surface area contributed by atoms with Gasteiger partial charge in [-0.3, -0.25) is 0 Å². The summed E-state index contributed by atoms with van der Waals surface area (Å²) in [5, 5.41) is 0. The fourth-order valence-corrected chi connectivity index (χ4v) is 4.52. The Morgan fingerprint density at radius 1 is 1.08 bits per heavy atom. The van der Waals surface area contributed by atoms with Crippen molar-refractivity contribution in [3.8, 4) is 11.5 Å². The lowest BCUT2D eigenvalue weighted by atomic mass is 9.88. The van der Waals surface area contributed by atoms with Gasteiger partial charge in [0.05, 0.1) is 0 Å². The lowest BCUT2D eigenvalue weighted by molar-refractivity contribution is 0.0981. The zero-order valence-electron chi connectivity index (χ0n) is 15.2. The fourth-order valence-electron chi connectivity index (χ4n) is 4.52. The zero-order valence-corrected chi connectivity index (χ0v) is 15.2. The second-order valence-electron chi connectivity index (χ2n) is 7.81. The van der Waals surface area contributed by atoms with Gasteiger partial charge in [-0.1, -0.05) is 19.3 Å². The number of aromatic nitrogens is 4. The number of aryl methyl sites for hydroxylation is 1. The minimum atomic E-state index is 0.719. The van der Waals surface area contributed by atoms with Crippen molar-refractivity contribution >= 4 is 0 Å². The molecule has 0 amide bonds. The molecule has 134 valence electrons. The Morgan fingerprint density at radius 3 is 2.76 bits per heavy atom. The molecule has 1 N–H and O–H groups in total. The largest absolute Gasteiger partial charge is 0.341 e. The molecule has 2 fully saturated rings. The number of nitrogens with zero attached hydrogens (tertiary/aromatic N) is 4. The van der Waals surface area contributed by atoms with E-state index >= 15 is 0 Å². The molecular weight excluding hydrogens is 310 g/mol. The second-order valence-corrected chi connectivity index (χ2v) is 7.81. The summed E-state index contributed by atoms with van der Waals surface area (Å²) >= 11 is 0. The molecule has 2 aromatic heterocycles. The molecular formula is C20H29N5. The SMILES string of the molecule is Cc1cnc(-c2cc(C[C@@H]3CCCN(C4CCCCC4)C3)ncn2)[nH]1. The Balaban J connectivity index is 1.41. The fraction of sp³-hybridized carbons (Fsp3) is 0.650. The summed E-state index contributed by atoms with van der Waals surface area (Å²) in [6, 6.07) is 2.95. The Morgan fingerprint density at radius 2 is 1.96 bits per heavy atom. The minimum Gasteiger partial charge on any atom is -0.341 e. The van der Waals surface area contributed by atoms with Crippen molar-refractivity contribution in [2.45, 2.75) is 64.3 Å². The van der Waals surface area contributed by atoms with Gasteiger partial charge in [0, 0.05) is 30.2 Å². The third kappa shape index (κ3) is 4.09. The Kier molecular flexibility index (Phi) is 5.11. The first kappa shape index (κ1) is 16.7. The number of aromatic amines is 1. The molecule has 0 aromatic carbocycles. The highest BCUT2D eigenvalue weighted by Crippen LogP contribution is 2.28. The van der Waals surface area contributed by atoms with E-state index in [9.17, 15) is 0 Å². The Hall–Kier alpha value is -1.75. The molecule has 1 saturated carbocycles. The van der Waals surface area contributed by atoms with E-state index in [1.54, 1.807) is 6.33 Å². The number of hydrogen-bond donors (Lipinski definition) is 1. The van der Waals surface area contributed by atoms with Crippen LogP contribution in [0.15, 0.2) is 18.6 Å². The van der Waals surface area contributed by atoms with Crippen LogP contribution in [0.1, 0.15) is 56.3 Å². The molecule has 0 bridgehead atoms. The third-order valence-corrected chi connectivity index (χ3v) is 5.81. The molecule has 4 rings (SSSR count). The van der Waals surface area contributed by atoms with Crippen LogP contribution in [-0.2, 0) is 6.42 Å². The molecule has 1 saturated heterocycles. The summed E-state index contributed by atoms with van der Waals surface area (Å²) < 4.78 is 0. The molecule has 5 heteroatoms. The van der Waals surface area contributed by atoms with E-state index in [4.69, 9.17) is 0 Å². The minimum absolute atomic E-state index is 0.719. The van der Waals surface area contributed by atoms with Gasteiger partial charge < -0.3 is 9.88 Å². The normalized spacial score (nSPS) is 23.0. The van der Waals surface area contributed by atoms with Crippen molar-refractivity contribution in [3.05, 3.63) is 30.0 Å². The molecule has 5 nitrogen and oxygen atoms in total. The van der Waals surface area contributed by atoms with Crippen LogP contribution in [-0.4, -0.2) is 44.0 Å². The standard InChI is InChI=1S/C20H29N5/c1-15-12-21-20(24-15)19-11-17(22-14-23-19)10-16-6-5-9-25(13-16)18-7-3-2-4-8-18/h11-12,14,16,18H,2-10,13H2,1H3,(H,21,24)/t16-/m0/s1. The van der Waals surface area contributed by atoms with E-state index in [0.29, 0.717) is 0 Å². The predicted octanol–water partition coefficient (Wildman–Crippen LogP) is 3.76. The maximum atomic E-state index is 4.53. The van der Waals surface area contributed by atoms with Crippen molar-refractivity contribution in [2.24, 2.45) is 5.92 Å². The van der Waals surface area contributed by atoms with Gasteiger partial charge in [0.15, 0.2) is 5.82 Å². The maximum absolute atomic E-state index is 4.53. The first-order valence-corrected chi connectivity index (χ1v) is 9.85. The van der Waals surface area contributed by atoms with Gasteiger partial charge in [-0.2, -0.15) is 0 Å². The average Bonchev–Trinajstić information content (AvgIpc) is 3.09. The van der Waals surface area contributed by atoms with Crippen molar-refractivity contribution in [3.63, 3.8) is 0 Å². The molecule has 0 spiro atoms. The molecule has 1 atom stereocenters. The van der Waals surface area contributed by atoms with E-state index in [1.807, 2.05) is 13.1 Å². The summed E-state index contributed by atoms with van der Waals surface area (Å²) in [6.45, 7) is 4.55. The first-order chi connectivity index (χ1) is 12.3. The van der Waals surface area contributed by atoms with Crippen molar-refractivity contribution in [1.82, 2.24) is 24.8 Å². The van der Waals surface area contributed by atoms with Crippen molar-refractivity contribution < 1.29 is 0 Å². The number of nitrogens with one attached hydrogen (secondary N) is 1. The van der Waals surface area contributed by atoms with Gasteiger partial charge in [-0.25, -0.2) is 15.0 Å². The van der Waals surface area contributed by atoms with Crippen LogP contribution < -0.4 is 0 Å². The first-order valence-electron chi connectivity index (χ1n) is 9.85. The van der Waals surface area contributed by atoms with Crippen LogP contribution in [0.3, 0.4) is 0 Å². The van der Waals surface area contributed by atoms with Gasteiger partial charge in [-0.15, -0.1) is 0 Å². The van der Waals surface area contributed by atoms with E-state index < -0.39 is 0 Å². The lowest BCUT2D eigenvalue weighted by Gasteiger charge is -2.40. The number of imidazole rings is 1. The molecule has 2 aromatic rings. The van der Waals surface area contributed by atoms with Crippen molar-refractivity contribution in [2.75, 3.05) is 13.1 Å². The summed E-state index contributed by atoms with van der Waals surface area (Å²) in [6.07, 6.45) is 14.3. The molecule has 3 heterocycles. The molecule has 1 aliphatic carbocycles. The number of H-pyrrole nitrogens is 1. The molecule has 25 heavy (non-hydrogen) atoms. The smallest absolute Gasteiger partial charge is 0.156 e. The van der Waals surface area contributed by atoms with Crippen LogP contribution in [0, 0.1) is 12.8 Å². The average molecular weight is 339 g/mol. The van der Waals surface area contributed by atoms with Crippen molar-refractivity contribution in [1.29, 1.82) is 0 Å². The van der Waals surface area contributed by atoms with E-state index in [-0.39, 0.29) is 0 Å². The zero-order chi connectivity index (χ0) is 17.1. The highest BCUT2D eigenvalue weighted by atomic mass is 15.2. The summed E-state index contributed by atoms with van der Waals surface area (Å²) in [5.74, 6) is 1.56. The van der Waals surface area contributed by atoms with Crippen LogP contribution in [0.2, 0.25) is 0 Å². The highest BCUT2D eigenvalue weighted by Gasteiger charge is 2.27. The molecule has 1 aliphatic heterocycles. The van der Waals surface area contributed by atoms with Crippen LogP contribution in [0.5, 0.6) is 0 Å². The van der Waals surface area contributed by atoms with Gasteiger partial charge in [0.2, 0.25) is 0 Å². The van der Waals surface area contributed by atoms with Crippen LogP contribution in [0.4, 0.5) is 0 Å². The molecule has 0 unspecified atom stereocenters.